The fourth-order valence-electron chi connectivity index (χ4n) is 0.820. The first-order chi connectivity index (χ1) is 5.60. The fourth-order valence-corrected chi connectivity index (χ4v) is 1.10. The Morgan fingerprint density at radius 3 is 2.58 bits per heavy atom. The Balaban J connectivity index is 4.48. The molecule has 0 bridgehead atoms. The predicted octanol–water partition coefficient (Wildman–Crippen LogP) is 1.40. The fraction of sp³-hybridized carbons (Fsp3) is 0.625. The molecule has 1 atom stereocenters. The summed E-state index contributed by atoms with van der Waals surface area (Å²) in [5, 5.41) is 1.46. The molecule has 0 amide bonds. The van der Waals surface area contributed by atoms with Crippen molar-refractivity contribution in [2.24, 2.45) is 0 Å². The highest BCUT2D eigenvalue weighted by molar-refractivity contribution is 7.83. The first kappa shape index (κ1) is 11.5. The minimum Gasteiger partial charge on any atom is -0.467 e. The Morgan fingerprint density at radius 2 is 2.25 bits per heavy atom. The van der Waals surface area contributed by atoms with Crippen LogP contribution in [0.1, 0.15) is 13.8 Å². The molecule has 0 heterocycles. The molecule has 0 rings (SSSR count). The molecule has 0 radical (unpaired) electrons. The summed E-state index contributed by atoms with van der Waals surface area (Å²) in [6.07, 6.45) is 1.55. The molecule has 0 aromatic rings. The van der Waals surface area contributed by atoms with Gasteiger partial charge in [-0.1, -0.05) is 0 Å². The Morgan fingerprint density at radius 1 is 1.67 bits per heavy atom. The lowest BCUT2D eigenvalue weighted by Crippen LogP contribution is -2.37. The maximum Gasteiger partial charge on any atom is 0.341 e. The molecule has 1 unspecified atom stereocenters. The Kier molecular flexibility index (Phi) is 5.01. The minimum absolute atomic E-state index is 0.422. The Labute approximate surface area is 78.1 Å². The normalized spacial score (nSPS) is 16.0. The first-order valence-corrected chi connectivity index (χ1v) is 4.16. The number of hydrogen-bond donors (Lipinski definition) is 1. The second-order valence-corrected chi connectivity index (χ2v) is 2.65. The van der Waals surface area contributed by atoms with E-state index in [0.717, 1.165) is 0 Å². The van der Waals surface area contributed by atoms with E-state index in [1.165, 1.54) is 12.5 Å². The summed E-state index contributed by atoms with van der Waals surface area (Å²) in [5.74, 6) is -0.422. The van der Waals surface area contributed by atoms with Crippen molar-refractivity contribution in [2.45, 2.75) is 19.4 Å². The van der Waals surface area contributed by atoms with Gasteiger partial charge in [0.1, 0.15) is 0 Å². The molecule has 0 N–H and O–H groups in total. The highest BCUT2D eigenvalue weighted by Crippen LogP contribution is 2.14. The van der Waals surface area contributed by atoms with Crippen LogP contribution in [0.4, 0.5) is 0 Å². The number of rotatable bonds is 4. The van der Waals surface area contributed by atoms with Crippen molar-refractivity contribution in [3.05, 3.63) is 11.5 Å². The Hall–Kier alpha value is -0.480. The summed E-state index contributed by atoms with van der Waals surface area (Å²) in [7, 11) is 1.33. The molecule has 70 valence electrons. The van der Waals surface area contributed by atoms with Crippen LogP contribution in [-0.4, -0.2) is 25.3 Å². The van der Waals surface area contributed by atoms with Crippen molar-refractivity contribution in [3.63, 3.8) is 0 Å². The predicted molar refractivity (Wildman–Crippen MR) is 50.2 cm³/mol. The zero-order valence-corrected chi connectivity index (χ0v) is 8.43. The number of carbonyl (C=O) groups is 1. The van der Waals surface area contributed by atoms with E-state index in [-0.39, 0.29) is 0 Å². The lowest BCUT2D eigenvalue weighted by Gasteiger charge is -2.22. The van der Waals surface area contributed by atoms with E-state index < -0.39 is 11.6 Å². The highest BCUT2D eigenvalue weighted by atomic mass is 32.1. The van der Waals surface area contributed by atoms with Crippen LogP contribution in [0.25, 0.3) is 0 Å². The van der Waals surface area contributed by atoms with Crippen molar-refractivity contribution >= 4 is 18.6 Å². The maximum atomic E-state index is 11.2. The van der Waals surface area contributed by atoms with Gasteiger partial charge in [-0.25, -0.2) is 4.79 Å². The second kappa shape index (κ2) is 5.22. The molecule has 4 heteroatoms. The highest BCUT2D eigenvalue weighted by Gasteiger charge is 2.31. The average molecular weight is 190 g/mol. The van der Waals surface area contributed by atoms with E-state index >= 15 is 0 Å². The van der Waals surface area contributed by atoms with Gasteiger partial charge >= 0.3 is 5.97 Å². The summed E-state index contributed by atoms with van der Waals surface area (Å²) >= 11 is 3.87. The van der Waals surface area contributed by atoms with Crippen molar-refractivity contribution in [1.82, 2.24) is 0 Å². The topological polar surface area (TPSA) is 35.5 Å². The molecular weight excluding hydrogens is 176 g/mol. The van der Waals surface area contributed by atoms with Crippen LogP contribution in [-0.2, 0) is 14.3 Å². The maximum absolute atomic E-state index is 11.2. The molecule has 0 aliphatic rings. The molecule has 0 fully saturated rings. The number of methoxy groups -OCH3 is 1. The van der Waals surface area contributed by atoms with Gasteiger partial charge in [0, 0.05) is 6.61 Å². The lowest BCUT2D eigenvalue weighted by atomic mass is 10.1. The SMILES string of the molecule is CCOC(C)(C=CS)C(=O)OC. The van der Waals surface area contributed by atoms with Gasteiger partial charge < -0.3 is 9.47 Å². The van der Waals surface area contributed by atoms with Gasteiger partial charge in [0.2, 0.25) is 0 Å². The molecule has 0 aromatic carbocycles. The number of thiol groups is 1. The third-order valence-electron chi connectivity index (χ3n) is 1.43. The van der Waals surface area contributed by atoms with Gasteiger partial charge in [-0.15, -0.1) is 0 Å². The van der Waals surface area contributed by atoms with Crippen molar-refractivity contribution < 1.29 is 14.3 Å². The van der Waals surface area contributed by atoms with Crippen molar-refractivity contribution in [1.29, 1.82) is 0 Å². The first-order valence-electron chi connectivity index (χ1n) is 3.65. The van der Waals surface area contributed by atoms with Gasteiger partial charge in [0.15, 0.2) is 5.60 Å². The van der Waals surface area contributed by atoms with Crippen molar-refractivity contribution in [3.8, 4) is 0 Å². The number of carbonyl (C=O) groups excluding carboxylic acids is 1. The number of ether oxygens (including phenoxy) is 2. The third-order valence-corrected chi connectivity index (χ3v) is 1.58. The Bertz CT molecular complexity index is 179. The molecule has 12 heavy (non-hydrogen) atoms. The molecule has 0 saturated heterocycles. The quantitative estimate of drug-likeness (QED) is 0.537. The number of esters is 1. The summed E-state index contributed by atoms with van der Waals surface area (Å²) in [6.45, 7) is 3.90. The van der Waals surface area contributed by atoms with Gasteiger partial charge in [-0.2, -0.15) is 12.6 Å². The zero-order valence-electron chi connectivity index (χ0n) is 7.53. The standard InChI is InChI=1S/C8H14O3S/c1-4-11-8(2,5-6-12)7(9)10-3/h5-6,12H,4H2,1-3H3. The van der Waals surface area contributed by atoms with Crippen LogP contribution < -0.4 is 0 Å². The van der Waals surface area contributed by atoms with E-state index in [1.54, 1.807) is 13.0 Å². The summed E-state index contributed by atoms with van der Waals surface area (Å²) in [4.78, 5) is 11.2. The van der Waals surface area contributed by atoms with Crippen molar-refractivity contribution in [2.75, 3.05) is 13.7 Å². The zero-order chi connectivity index (χ0) is 9.61. The number of hydrogen-bond acceptors (Lipinski definition) is 4. The van der Waals surface area contributed by atoms with E-state index in [9.17, 15) is 4.79 Å². The third kappa shape index (κ3) is 2.87. The largest absolute Gasteiger partial charge is 0.467 e. The monoisotopic (exact) mass is 190 g/mol. The average Bonchev–Trinajstić information content (AvgIpc) is 2.04. The van der Waals surface area contributed by atoms with Gasteiger partial charge in [-0.05, 0) is 25.3 Å². The molecule has 0 aromatic heterocycles. The summed E-state index contributed by atoms with van der Waals surface area (Å²) in [5.41, 5.74) is -1.01. The van der Waals surface area contributed by atoms with Gasteiger partial charge in [0.25, 0.3) is 0 Å². The molecular formula is C8H14O3S. The molecule has 0 saturated carbocycles. The molecule has 3 nitrogen and oxygen atoms in total. The van der Waals surface area contributed by atoms with Gasteiger partial charge in [0.05, 0.1) is 7.11 Å². The van der Waals surface area contributed by atoms with Crippen LogP contribution in [0.15, 0.2) is 11.5 Å². The van der Waals surface area contributed by atoms with Crippen LogP contribution >= 0.6 is 12.6 Å². The van der Waals surface area contributed by atoms with E-state index in [1.807, 2.05) is 6.92 Å². The molecule has 0 spiro atoms. The van der Waals surface area contributed by atoms with E-state index in [4.69, 9.17) is 4.74 Å². The molecule has 0 aliphatic carbocycles. The lowest BCUT2D eigenvalue weighted by molar-refractivity contribution is -0.160. The van der Waals surface area contributed by atoms with E-state index in [2.05, 4.69) is 17.4 Å². The second-order valence-electron chi connectivity index (χ2n) is 2.35. The minimum atomic E-state index is -1.01. The smallest absolute Gasteiger partial charge is 0.341 e. The summed E-state index contributed by atoms with van der Waals surface area (Å²) < 4.78 is 9.78. The summed E-state index contributed by atoms with van der Waals surface area (Å²) in [6, 6.07) is 0. The van der Waals surface area contributed by atoms with Crippen LogP contribution in [0.5, 0.6) is 0 Å². The van der Waals surface area contributed by atoms with Crippen LogP contribution in [0.2, 0.25) is 0 Å². The van der Waals surface area contributed by atoms with Crippen LogP contribution in [0, 0.1) is 0 Å². The van der Waals surface area contributed by atoms with E-state index in [0.29, 0.717) is 6.61 Å². The van der Waals surface area contributed by atoms with Crippen LogP contribution in [0.3, 0.4) is 0 Å². The van der Waals surface area contributed by atoms with Gasteiger partial charge in [-0.3, -0.25) is 0 Å². The molecule has 0 aliphatic heterocycles.